The van der Waals surface area contributed by atoms with E-state index in [2.05, 4.69) is 5.32 Å². The summed E-state index contributed by atoms with van der Waals surface area (Å²) in [7, 11) is 1.57. The highest BCUT2D eigenvalue weighted by atomic mass is 35.5. The predicted octanol–water partition coefficient (Wildman–Crippen LogP) is 1.80. The van der Waals surface area contributed by atoms with Crippen molar-refractivity contribution in [3.8, 4) is 11.5 Å². The Bertz CT molecular complexity index is 386. The van der Waals surface area contributed by atoms with E-state index in [0.717, 1.165) is 0 Å². The second-order valence-corrected chi connectivity index (χ2v) is 3.39. The zero-order valence-electron chi connectivity index (χ0n) is 10.6. The highest BCUT2D eigenvalue weighted by Crippen LogP contribution is 2.30. The minimum absolute atomic E-state index is 0. The molecular weight excluding hydrogens is 256 g/mol. The van der Waals surface area contributed by atoms with Crippen LogP contribution in [-0.2, 0) is 4.79 Å². The summed E-state index contributed by atoms with van der Waals surface area (Å²) in [5.74, 6) is 1.14. The minimum atomic E-state index is -0.111. The number of hydrogen-bond donors (Lipinski definition) is 2. The van der Waals surface area contributed by atoms with Gasteiger partial charge in [0.05, 0.1) is 13.7 Å². The molecule has 1 amide bonds. The van der Waals surface area contributed by atoms with E-state index < -0.39 is 0 Å². The van der Waals surface area contributed by atoms with Crippen LogP contribution in [0.3, 0.4) is 0 Å². The van der Waals surface area contributed by atoms with Crippen LogP contribution in [-0.4, -0.2) is 26.2 Å². The molecule has 0 aliphatic carbocycles. The van der Waals surface area contributed by atoms with Crippen molar-refractivity contribution in [1.29, 1.82) is 0 Å². The third kappa shape index (κ3) is 4.81. The Labute approximate surface area is 113 Å². The van der Waals surface area contributed by atoms with Crippen LogP contribution in [0.1, 0.15) is 13.3 Å². The summed E-state index contributed by atoms with van der Waals surface area (Å²) in [4.78, 5) is 11.4. The SMILES string of the molecule is CCOc1cc(NC(=O)CCN)ccc1OC.Cl. The molecule has 3 N–H and O–H groups in total. The number of halogens is 1. The first-order valence-electron chi connectivity index (χ1n) is 5.52. The van der Waals surface area contributed by atoms with E-state index in [1.807, 2.05) is 6.92 Å². The lowest BCUT2D eigenvalue weighted by Gasteiger charge is -2.11. The first-order chi connectivity index (χ1) is 8.21. The maximum absolute atomic E-state index is 11.4. The fraction of sp³-hybridized carbons (Fsp3) is 0.417. The van der Waals surface area contributed by atoms with Gasteiger partial charge in [0.25, 0.3) is 0 Å². The Morgan fingerprint density at radius 2 is 2.11 bits per heavy atom. The standard InChI is InChI=1S/C12H18N2O3.ClH/c1-3-17-11-8-9(4-5-10(11)16-2)14-12(15)6-7-13;/h4-5,8H,3,6-7,13H2,1-2H3,(H,14,15);1H. The van der Waals surface area contributed by atoms with Crippen LogP contribution in [0.25, 0.3) is 0 Å². The molecule has 0 saturated heterocycles. The van der Waals surface area contributed by atoms with Crippen LogP contribution in [0, 0.1) is 0 Å². The first-order valence-corrected chi connectivity index (χ1v) is 5.52. The van der Waals surface area contributed by atoms with Crippen molar-refractivity contribution in [3.05, 3.63) is 18.2 Å². The second kappa shape index (κ2) is 8.60. The Balaban J connectivity index is 0.00000289. The van der Waals surface area contributed by atoms with Crippen LogP contribution in [0.5, 0.6) is 11.5 Å². The van der Waals surface area contributed by atoms with Crippen LogP contribution in [0.2, 0.25) is 0 Å². The Hall–Kier alpha value is -1.46. The van der Waals surface area contributed by atoms with E-state index >= 15 is 0 Å². The van der Waals surface area contributed by atoms with E-state index in [1.165, 1.54) is 0 Å². The molecule has 18 heavy (non-hydrogen) atoms. The predicted molar refractivity (Wildman–Crippen MR) is 73.7 cm³/mol. The van der Waals surface area contributed by atoms with Gasteiger partial charge < -0.3 is 20.5 Å². The summed E-state index contributed by atoms with van der Waals surface area (Å²) in [5, 5.41) is 2.74. The van der Waals surface area contributed by atoms with Gasteiger partial charge in [0.15, 0.2) is 11.5 Å². The first kappa shape index (κ1) is 16.5. The van der Waals surface area contributed by atoms with Crippen LogP contribution >= 0.6 is 12.4 Å². The van der Waals surface area contributed by atoms with Gasteiger partial charge in [-0.25, -0.2) is 0 Å². The minimum Gasteiger partial charge on any atom is -0.493 e. The maximum Gasteiger partial charge on any atom is 0.225 e. The van der Waals surface area contributed by atoms with Crippen LogP contribution in [0.4, 0.5) is 5.69 Å². The summed E-state index contributed by atoms with van der Waals surface area (Å²) >= 11 is 0. The molecule has 0 aliphatic heterocycles. The van der Waals surface area contributed by atoms with Gasteiger partial charge in [0.2, 0.25) is 5.91 Å². The average Bonchev–Trinajstić information content (AvgIpc) is 2.30. The number of ether oxygens (including phenoxy) is 2. The molecule has 0 radical (unpaired) electrons. The Morgan fingerprint density at radius 1 is 1.39 bits per heavy atom. The summed E-state index contributed by atoms with van der Waals surface area (Å²) in [6.07, 6.45) is 0.302. The lowest BCUT2D eigenvalue weighted by molar-refractivity contribution is -0.116. The molecule has 0 aliphatic rings. The monoisotopic (exact) mass is 274 g/mol. The van der Waals surface area contributed by atoms with Gasteiger partial charge in [-0.1, -0.05) is 0 Å². The molecule has 6 heteroatoms. The van der Waals surface area contributed by atoms with Gasteiger partial charge in [-0.2, -0.15) is 0 Å². The van der Waals surface area contributed by atoms with E-state index in [0.29, 0.717) is 36.8 Å². The number of nitrogens with one attached hydrogen (secondary N) is 1. The molecule has 0 fully saturated rings. The van der Waals surface area contributed by atoms with Crippen molar-refractivity contribution in [3.63, 3.8) is 0 Å². The number of benzene rings is 1. The molecule has 1 aromatic rings. The van der Waals surface area contributed by atoms with Gasteiger partial charge in [-0.15, -0.1) is 12.4 Å². The van der Waals surface area contributed by atoms with Crippen molar-refractivity contribution in [1.82, 2.24) is 0 Å². The Kier molecular flexibility index (Phi) is 7.91. The molecule has 102 valence electrons. The number of anilines is 1. The van der Waals surface area contributed by atoms with E-state index in [9.17, 15) is 4.79 Å². The van der Waals surface area contributed by atoms with Crippen molar-refractivity contribution >= 4 is 24.0 Å². The van der Waals surface area contributed by atoms with Crippen LogP contribution < -0.4 is 20.5 Å². The fourth-order valence-electron chi connectivity index (χ4n) is 1.38. The lowest BCUT2D eigenvalue weighted by Crippen LogP contribution is -2.16. The third-order valence-corrected chi connectivity index (χ3v) is 2.12. The molecule has 1 aromatic carbocycles. The zero-order valence-corrected chi connectivity index (χ0v) is 11.4. The van der Waals surface area contributed by atoms with Crippen molar-refractivity contribution < 1.29 is 14.3 Å². The van der Waals surface area contributed by atoms with Crippen molar-refractivity contribution in [2.75, 3.05) is 25.6 Å². The van der Waals surface area contributed by atoms with Gasteiger partial charge in [0, 0.05) is 24.7 Å². The number of methoxy groups -OCH3 is 1. The quantitative estimate of drug-likeness (QED) is 0.830. The molecule has 0 unspecified atom stereocenters. The van der Waals surface area contributed by atoms with Crippen molar-refractivity contribution in [2.24, 2.45) is 5.73 Å². The molecule has 1 rings (SSSR count). The largest absolute Gasteiger partial charge is 0.493 e. The molecule has 0 saturated carbocycles. The zero-order chi connectivity index (χ0) is 12.7. The normalized spacial score (nSPS) is 9.28. The smallest absolute Gasteiger partial charge is 0.225 e. The third-order valence-electron chi connectivity index (χ3n) is 2.12. The number of rotatable bonds is 6. The number of carbonyl (C=O) groups excluding carboxylic acids is 1. The fourth-order valence-corrected chi connectivity index (χ4v) is 1.38. The molecule has 0 atom stereocenters. The van der Waals surface area contributed by atoms with Crippen molar-refractivity contribution in [2.45, 2.75) is 13.3 Å². The highest BCUT2D eigenvalue weighted by molar-refractivity contribution is 5.91. The van der Waals surface area contributed by atoms with Gasteiger partial charge in [0.1, 0.15) is 0 Å². The summed E-state index contributed by atoms with van der Waals surface area (Å²) in [6.45, 7) is 2.76. The number of amides is 1. The number of carbonyl (C=O) groups is 1. The molecule has 5 nitrogen and oxygen atoms in total. The second-order valence-electron chi connectivity index (χ2n) is 3.39. The molecular formula is C12H19ClN2O3. The summed E-state index contributed by atoms with van der Waals surface area (Å²) < 4.78 is 10.6. The van der Waals surface area contributed by atoms with Crippen LogP contribution in [0.15, 0.2) is 18.2 Å². The topological polar surface area (TPSA) is 73.6 Å². The van der Waals surface area contributed by atoms with Gasteiger partial charge in [-0.3, -0.25) is 4.79 Å². The Morgan fingerprint density at radius 3 is 2.67 bits per heavy atom. The number of hydrogen-bond acceptors (Lipinski definition) is 4. The summed E-state index contributed by atoms with van der Waals surface area (Å²) in [6, 6.07) is 5.25. The maximum atomic E-state index is 11.4. The summed E-state index contributed by atoms with van der Waals surface area (Å²) in [5.41, 5.74) is 5.97. The van der Waals surface area contributed by atoms with Gasteiger partial charge in [-0.05, 0) is 19.1 Å². The lowest BCUT2D eigenvalue weighted by atomic mass is 10.2. The highest BCUT2D eigenvalue weighted by Gasteiger charge is 2.07. The molecule has 0 heterocycles. The molecule has 0 aromatic heterocycles. The van der Waals surface area contributed by atoms with E-state index in [4.69, 9.17) is 15.2 Å². The average molecular weight is 275 g/mol. The van der Waals surface area contributed by atoms with E-state index in [-0.39, 0.29) is 18.3 Å². The molecule has 0 spiro atoms. The molecule has 0 bridgehead atoms. The number of nitrogens with two attached hydrogens (primary N) is 1. The van der Waals surface area contributed by atoms with Gasteiger partial charge >= 0.3 is 0 Å². The van der Waals surface area contributed by atoms with E-state index in [1.54, 1.807) is 25.3 Å².